The number of nitrogens with one attached hydrogen (secondary N) is 1. The topological polar surface area (TPSA) is 52.2 Å². The summed E-state index contributed by atoms with van der Waals surface area (Å²) in [5, 5.41) is 1.21. The quantitative estimate of drug-likeness (QED) is 0.789. The predicted molar refractivity (Wildman–Crippen MR) is 103 cm³/mol. The summed E-state index contributed by atoms with van der Waals surface area (Å²) in [6.45, 7) is 6.48. The van der Waals surface area contributed by atoms with E-state index in [0.717, 1.165) is 55.9 Å². The number of amides is 1. The van der Waals surface area contributed by atoms with Crippen LogP contribution in [0.2, 0.25) is 0 Å². The molecule has 0 saturated carbocycles. The molecule has 4 rings (SSSR count). The summed E-state index contributed by atoms with van der Waals surface area (Å²) in [5.41, 5.74) is 4.19. The lowest BCUT2D eigenvalue weighted by Crippen LogP contribution is -2.49. The number of fused-ring (bicyclic) bond motifs is 1. The summed E-state index contributed by atoms with van der Waals surface area (Å²) in [5.74, 6) is 0.149. The van der Waals surface area contributed by atoms with Crippen LogP contribution in [0.15, 0.2) is 48.8 Å². The molecule has 3 aromatic rings. The number of aromatic nitrogens is 2. The van der Waals surface area contributed by atoms with E-state index in [1.165, 1.54) is 10.9 Å². The highest BCUT2D eigenvalue weighted by Crippen LogP contribution is 2.17. The summed E-state index contributed by atoms with van der Waals surface area (Å²) in [7, 11) is 0. The van der Waals surface area contributed by atoms with Crippen molar-refractivity contribution in [2.45, 2.75) is 13.3 Å². The molecule has 0 aliphatic carbocycles. The minimum atomic E-state index is 0.149. The van der Waals surface area contributed by atoms with Gasteiger partial charge in [0.1, 0.15) is 5.65 Å². The van der Waals surface area contributed by atoms with Crippen LogP contribution in [-0.2, 0) is 6.42 Å². The Morgan fingerprint density at radius 3 is 2.81 bits per heavy atom. The number of piperazine rings is 1. The monoisotopic (exact) mass is 348 g/mol. The zero-order chi connectivity index (χ0) is 17.9. The Balaban J connectivity index is 1.32. The van der Waals surface area contributed by atoms with Gasteiger partial charge in [-0.15, -0.1) is 0 Å². The van der Waals surface area contributed by atoms with Crippen molar-refractivity contribution in [3.8, 4) is 0 Å². The van der Waals surface area contributed by atoms with Crippen molar-refractivity contribution in [2.24, 2.45) is 0 Å². The van der Waals surface area contributed by atoms with E-state index in [4.69, 9.17) is 0 Å². The molecule has 0 spiro atoms. The zero-order valence-corrected chi connectivity index (χ0v) is 15.1. The molecule has 1 fully saturated rings. The number of nitrogens with zero attached hydrogens (tertiary/aromatic N) is 3. The maximum Gasteiger partial charge on any atom is 0.253 e. The molecular formula is C21H24N4O. The van der Waals surface area contributed by atoms with Gasteiger partial charge in [-0.3, -0.25) is 9.69 Å². The zero-order valence-electron chi connectivity index (χ0n) is 15.1. The third kappa shape index (κ3) is 3.48. The molecule has 2 aromatic heterocycles. The molecule has 26 heavy (non-hydrogen) atoms. The van der Waals surface area contributed by atoms with Crippen LogP contribution in [0.4, 0.5) is 0 Å². The number of rotatable bonds is 4. The van der Waals surface area contributed by atoms with Crippen molar-refractivity contribution in [3.63, 3.8) is 0 Å². The van der Waals surface area contributed by atoms with E-state index in [2.05, 4.69) is 27.1 Å². The molecule has 1 N–H and O–H groups in total. The number of benzene rings is 1. The third-order valence-electron chi connectivity index (χ3n) is 5.16. The van der Waals surface area contributed by atoms with E-state index in [1.807, 2.05) is 48.4 Å². The number of carbonyl (C=O) groups excluding carboxylic acids is 1. The number of aryl methyl sites for hydroxylation is 1. The van der Waals surface area contributed by atoms with E-state index in [0.29, 0.717) is 0 Å². The fourth-order valence-corrected chi connectivity index (χ4v) is 3.63. The van der Waals surface area contributed by atoms with Crippen molar-refractivity contribution in [2.75, 3.05) is 32.7 Å². The second-order valence-corrected chi connectivity index (χ2v) is 6.97. The average molecular weight is 348 g/mol. The van der Waals surface area contributed by atoms with Crippen molar-refractivity contribution < 1.29 is 4.79 Å². The Hall–Kier alpha value is -2.66. The molecule has 5 nitrogen and oxygen atoms in total. The first-order valence-electron chi connectivity index (χ1n) is 9.20. The summed E-state index contributed by atoms with van der Waals surface area (Å²) >= 11 is 0. The summed E-state index contributed by atoms with van der Waals surface area (Å²) < 4.78 is 0. The molecule has 0 atom stereocenters. The summed E-state index contributed by atoms with van der Waals surface area (Å²) in [6.07, 6.45) is 4.87. The highest BCUT2D eigenvalue weighted by atomic mass is 16.2. The lowest BCUT2D eigenvalue weighted by Gasteiger charge is -2.34. The van der Waals surface area contributed by atoms with Gasteiger partial charge < -0.3 is 9.88 Å². The van der Waals surface area contributed by atoms with E-state index >= 15 is 0 Å². The average Bonchev–Trinajstić information content (AvgIpc) is 3.09. The Labute approximate surface area is 153 Å². The largest absolute Gasteiger partial charge is 0.346 e. The van der Waals surface area contributed by atoms with Gasteiger partial charge in [-0.05, 0) is 43.2 Å². The van der Waals surface area contributed by atoms with Crippen molar-refractivity contribution >= 4 is 16.9 Å². The van der Waals surface area contributed by atoms with Crippen LogP contribution in [0.3, 0.4) is 0 Å². The van der Waals surface area contributed by atoms with Gasteiger partial charge in [-0.25, -0.2) is 4.98 Å². The van der Waals surface area contributed by atoms with Gasteiger partial charge >= 0.3 is 0 Å². The minimum Gasteiger partial charge on any atom is -0.346 e. The normalized spacial score (nSPS) is 15.5. The van der Waals surface area contributed by atoms with Gasteiger partial charge in [0.25, 0.3) is 5.91 Å². The van der Waals surface area contributed by atoms with Crippen LogP contribution >= 0.6 is 0 Å². The smallest absolute Gasteiger partial charge is 0.253 e. The second-order valence-electron chi connectivity index (χ2n) is 6.97. The lowest BCUT2D eigenvalue weighted by molar-refractivity contribution is 0.0638. The van der Waals surface area contributed by atoms with Crippen molar-refractivity contribution in [1.29, 1.82) is 0 Å². The maximum atomic E-state index is 12.6. The number of carbonyl (C=O) groups is 1. The highest BCUT2D eigenvalue weighted by Gasteiger charge is 2.22. The molecule has 0 bridgehead atoms. The van der Waals surface area contributed by atoms with Gasteiger partial charge in [-0.1, -0.05) is 17.7 Å². The summed E-state index contributed by atoms with van der Waals surface area (Å²) in [6, 6.07) is 12.0. The minimum absolute atomic E-state index is 0.149. The number of hydrogen-bond donors (Lipinski definition) is 1. The van der Waals surface area contributed by atoms with Crippen molar-refractivity contribution in [3.05, 3.63) is 65.5 Å². The molecule has 1 saturated heterocycles. The molecule has 0 unspecified atom stereocenters. The Kier molecular flexibility index (Phi) is 4.71. The molecule has 1 aromatic carbocycles. The number of aromatic amines is 1. The molecule has 0 radical (unpaired) electrons. The van der Waals surface area contributed by atoms with Gasteiger partial charge in [0, 0.05) is 56.1 Å². The van der Waals surface area contributed by atoms with Gasteiger partial charge in [-0.2, -0.15) is 0 Å². The first-order chi connectivity index (χ1) is 12.7. The van der Waals surface area contributed by atoms with Crippen LogP contribution in [0.5, 0.6) is 0 Å². The molecule has 5 heteroatoms. The second kappa shape index (κ2) is 7.30. The maximum absolute atomic E-state index is 12.6. The fraction of sp³-hybridized carbons (Fsp3) is 0.333. The summed E-state index contributed by atoms with van der Waals surface area (Å²) in [4.78, 5) is 24.6. The van der Waals surface area contributed by atoms with Crippen LogP contribution in [0.1, 0.15) is 21.5 Å². The molecule has 134 valence electrons. The Bertz CT molecular complexity index is 909. The lowest BCUT2D eigenvalue weighted by atomic mass is 10.1. The highest BCUT2D eigenvalue weighted by molar-refractivity contribution is 5.94. The first-order valence-corrected chi connectivity index (χ1v) is 9.20. The standard InChI is InChI=1S/C21H24N4O/c1-16-4-2-5-17(14-16)21(26)25-12-10-24(11-13-25)9-7-18-15-23-20-19(18)6-3-8-22-20/h2-6,8,14-15H,7,9-13H2,1H3,(H,22,23). The van der Waals surface area contributed by atoms with Crippen LogP contribution in [-0.4, -0.2) is 58.4 Å². The molecule has 3 heterocycles. The van der Waals surface area contributed by atoms with Crippen molar-refractivity contribution in [1.82, 2.24) is 19.8 Å². The van der Waals surface area contributed by atoms with Crippen LogP contribution in [0, 0.1) is 6.92 Å². The number of H-pyrrole nitrogens is 1. The van der Waals surface area contributed by atoms with E-state index < -0.39 is 0 Å². The van der Waals surface area contributed by atoms with E-state index in [1.54, 1.807) is 0 Å². The van der Waals surface area contributed by atoms with E-state index in [9.17, 15) is 4.79 Å². The van der Waals surface area contributed by atoms with Gasteiger partial charge in [0.05, 0.1) is 0 Å². The first kappa shape index (κ1) is 16.8. The predicted octanol–water partition coefficient (Wildman–Crippen LogP) is 2.87. The molecule has 1 aliphatic rings. The number of pyridine rings is 1. The van der Waals surface area contributed by atoms with Crippen LogP contribution in [0.25, 0.3) is 11.0 Å². The molecule has 1 aliphatic heterocycles. The SMILES string of the molecule is Cc1cccc(C(=O)N2CCN(CCc3c[nH]c4ncccc34)CC2)c1. The fourth-order valence-electron chi connectivity index (χ4n) is 3.63. The number of hydrogen-bond acceptors (Lipinski definition) is 3. The Morgan fingerprint density at radius 1 is 1.15 bits per heavy atom. The Morgan fingerprint density at radius 2 is 2.00 bits per heavy atom. The van der Waals surface area contributed by atoms with E-state index in [-0.39, 0.29) is 5.91 Å². The van der Waals surface area contributed by atoms with Gasteiger partial charge in [0.2, 0.25) is 0 Å². The van der Waals surface area contributed by atoms with Crippen LogP contribution < -0.4 is 0 Å². The molecular weight excluding hydrogens is 324 g/mol. The van der Waals surface area contributed by atoms with Gasteiger partial charge in [0.15, 0.2) is 0 Å². The molecule has 1 amide bonds. The third-order valence-corrected chi connectivity index (χ3v) is 5.16.